The van der Waals surface area contributed by atoms with Crippen LogP contribution in [0.2, 0.25) is 0 Å². The SMILES string of the molecule is COCCOc1ccc(CNC(=O)CN2CCCC2C(=O)O)cc1. The average molecular weight is 336 g/mol. The Hall–Kier alpha value is -2.12. The Morgan fingerprint density at radius 1 is 1.29 bits per heavy atom. The van der Waals surface area contributed by atoms with Crippen LogP contribution in [0.3, 0.4) is 0 Å². The molecular weight excluding hydrogens is 312 g/mol. The van der Waals surface area contributed by atoms with Gasteiger partial charge in [0, 0.05) is 13.7 Å². The van der Waals surface area contributed by atoms with Crippen molar-refractivity contribution in [2.24, 2.45) is 0 Å². The minimum absolute atomic E-state index is 0.120. The summed E-state index contributed by atoms with van der Waals surface area (Å²) >= 11 is 0. The van der Waals surface area contributed by atoms with E-state index in [0.29, 0.717) is 32.7 Å². The number of rotatable bonds is 9. The molecule has 0 radical (unpaired) electrons. The van der Waals surface area contributed by atoms with Crippen molar-refractivity contribution in [2.75, 3.05) is 33.4 Å². The highest BCUT2D eigenvalue weighted by atomic mass is 16.5. The summed E-state index contributed by atoms with van der Waals surface area (Å²) in [5.41, 5.74) is 0.957. The monoisotopic (exact) mass is 336 g/mol. The number of benzene rings is 1. The molecular formula is C17H24N2O5. The van der Waals surface area contributed by atoms with Gasteiger partial charge in [0.1, 0.15) is 18.4 Å². The highest BCUT2D eigenvalue weighted by Crippen LogP contribution is 2.16. The number of ether oxygens (including phenoxy) is 2. The molecule has 0 aromatic heterocycles. The van der Waals surface area contributed by atoms with Crippen molar-refractivity contribution in [3.8, 4) is 5.75 Å². The van der Waals surface area contributed by atoms with Crippen LogP contribution in [0.5, 0.6) is 5.75 Å². The Morgan fingerprint density at radius 3 is 2.71 bits per heavy atom. The summed E-state index contributed by atoms with van der Waals surface area (Å²) in [5.74, 6) is -0.267. The Bertz CT molecular complexity index is 546. The summed E-state index contributed by atoms with van der Waals surface area (Å²) in [6.07, 6.45) is 1.42. The molecule has 1 aromatic rings. The molecule has 1 unspecified atom stereocenters. The summed E-state index contributed by atoms with van der Waals surface area (Å²) in [5, 5.41) is 11.9. The predicted molar refractivity (Wildman–Crippen MR) is 87.9 cm³/mol. The van der Waals surface area contributed by atoms with Gasteiger partial charge in [-0.25, -0.2) is 0 Å². The molecule has 24 heavy (non-hydrogen) atoms. The van der Waals surface area contributed by atoms with Crippen LogP contribution in [0.25, 0.3) is 0 Å². The molecule has 1 fully saturated rings. The van der Waals surface area contributed by atoms with Crippen LogP contribution in [-0.4, -0.2) is 61.3 Å². The number of carbonyl (C=O) groups excluding carboxylic acids is 1. The number of carboxylic acids is 1. The Morgan fingerprint density at radius 2 is 2.04 bits per heavy atom. The zero-order valence-corrected chi connectivity index (χ0v) is 13.9. The molecule has 0 aliphatic carbocycles. The minimum Gasteiger partial charge on any atom is -0.491 e. The van der Waals surface area contributed by atoms with Crippen LogP contribution < -0.4 is 10.1 Å². The van der Waals surface area contributed by atoms with Crippen LogP contribution in [0, 0.1) is 0 Å². The molecule has 0 saturated carbocycles. The predicted octanol–water partition coefficient (Wildman–Crippen LogP) is 0.877. The van der Waals surface area contributed by atoms with E-state index in [4.69, 9.17) is 14.6 Å². The highest BCUT2D eigenvalue weighted by molar-refractivity contribution is 5.80. The Labute approximate surface area is 141 Å². The van der Waals surface area contributed by atoms with Gasteiger partial charge in [0.15, 0.2) is 0 Å². The van der Waals surface area contributed by atoms with Crippen molar-refractivity contribution in [3.63, 3.8) is 0 Å². The molecule has 7 heteroatoms. The third-order valence-electron chi connectivity index (χ3n) is 3.96. The van der Waals surface area contributed by atoms with E-state index in [-0.39, 0.29) is 12.5 Å². The van der Waals surface area contributed by atoms with Gasteiger partial charge in [-0.3, -0.25) is 14.5 Å². The van der Waals surface area contributed by atoms with Gasteiger partial charge in [0.05, 0.1) is 13.2 Å². The number of hydrogen-bond acceptors (Lipinski definition) is 5. The van der Waals surface area contributed by atoms with E-state index in [1.54, 1.807) is 12.0 Å². The summed E-state index contributed by atoms with van der Waals surface area (Å²) < 4.78 is 10.4. The quantitative estimate of drug-likeness (QED) is 0.651. The maximum Gasteiger partial charge on any atom is 0.320 e. The molecule has 2 N–H and O–H groups in total. The maximum absolute atomic E-state index is 12.0. The second-order valence-corrected chi connectivity index (χ2v) is 5.73. The van der Waals surface area contributed by atoms with Crippen molar-refractivity contribution in [1.29, 1.82) is 0 Å². The van der Waals surface area contributed by atoms with Crippen molar-refractivity contribution >= 4 is 11.9 Å². The first-order valence-corrected chi connectivity index (χ1v) is 8.04. The van der Waals surface area contributed by atoms with Crippen LogP contribution in [0.1, 0.15) is 18.4 Å². The molecule has 7 nitrogen and oxygen atoms in total. The third-order valence-corrected chi connectivity index (χ3v) is 3.96. The molecule has 1 aliphatic rings. The normalized spacial score (nSPS) is 17.6. The number of amides is 1. The molecule has 0 spiro atoms. The maximum atomic E-state index is 12.0. The summed E-state index contributed by atoms with van der Waals surface area (Å²) in [7, 11) is 1.62. The third kappa shape index (κ3) is 5.50. The summed E-state index contributed by atoms with van der Waals surface area (Å²) in [6.45, 7) is 2.20. The molecule has 1 aliphatic heterocycles. The smallest absolute Gasteiger partial charge is 0.320 e. The molecule has 1 heterocycles. The van der Waals surface area contributed by atoms with E-state index in [1.807, 2.05) is 24.3 Å². The number of methoxy groups -OCH3 is 1. The molecule has 0 bridgehead atoms. The van der Waals surface area contributed by atoms with Crippen LogP contribution >= 0.6 is 0 Å². The zero-order valence-electron chi connectivity index (χ0n) is 13.9. The van der Waals surface area contributed by atoms with Crippen LogP contribution in [0.15, 0.2) is 24.3 Å². The van der Waals surface area contributed by atoms with E-state index < -0.39 is 12.0 Å². The number of nitrogens with one attached hydrogen (secondary N) is 1. The number of carbonyl (C=O) groups is 2. The van der Waals surface area contributed by atoms with E-state index in [1.165, 1.54) is 0 Å². The summed E-state index contributed by atoms with van der Waals surface area (Å²) in [6, 6.07) is 6.92. The number of likely N-dealkylation sites (tertiary alicyclic amines) is 1. The van der Waals surface area contributed by atoms with Crippen LogP contribution in [0.4, 0.5) is 0 Å². The lowest BCUT2D eigenvalue weighted by Gasteiger charge is -2.20. The van der Waals surface area contributed by atoms with Gasteiger partial charge in [-0.15, -0.1) is 0 Å². The lowest BCUT2D eigenvalue weighted by atomic mass is 10.2. The first-order valence-electron chi connectivity index (χ1n) is 8.04. The molecule has 1 saturated heterocycles. The van der Waals surface area contributed by atoms with Gasteiger partial charge in [-0.2, -0.15) is 0 Å². The average Bonchev–Trinajstić information content (AvgIpc) is 3.03. The van der Waals surface area contributed by atoms with Gasteiger partial charge >= 0.3 is 5.97 Å². The molecule has 132 valence electrons. The number of aliphatic carboxylic acids is 1. The van der Waals surface area contributed by atoms with E-state index in [2.05, 4.69) is 5.32 Å². The second-order valence-electron chi connectivity index (χ2n) is 5.73. The van der Waals surface area contributed by atoms with E-state index >= 15 is 0 Å². The van der Waals surface area contributed by atoms with Gasteiger partial charge in [-0.05, 0) is 37.1 Å². The topological polar surface area (TPSA) is 88.1 Å². The number of hydrogen-bond donors (Lipinski definition) is 2. The second kappa shape index (κ2) is 9.24. The Balaban J connectivity index is 1.74. The fourth-order valence-electron chi connectivity index (χ4n) is 2.68. The first kappa shape index (κ1) is 18.2. The van der Waals surface area contributed by atoms with E-state index in [9.17, 15) is 9.59 Å². The lowest BCUT2D eigenvalue weighted by Crippen LogP contribution is -2.42. The first-order chi connectivity index (χ1) is 11.6. The molecule has 2 rings (SSSR count). The minimum atomic E-state index is -0.857. The van der Waals surface area contributed by atoms with Gasteiger partial charge in [0.25, 0.3) is 0 Å². The number of nitrogens with zero attached hydrogens (tertiary/aromatic N) is 1. The lowest BCUT2D eigenvalue weighted by molar-refractivity contribution is -0.142. The van der Waals surface area contributed by atoms with Gasteiger partial charge < -0.3 is 19.9 Å². The molecule has 1 aromatic carbocycles. The van der Waals surface area contributed by atoms with Crippen molar-refractivity contribution < 1.29 is 24.2 Å². The zero-order chi connectivity index (χ0) is 17.4. The fraction of sp³-hybridized carbons (Fsp3) is 0.529. The molecule has 1 atom stereocenters. The number of carboxylic acid groups (broad SMARTS) is 1. The van der Waals surface area contributed by atoms with Crippen LogP contribution in [-0.2, 0) is 20.9 Å². The van der Waals surface area contributed by atoms with E-state index in [0.717, 1.165) is 17.7 Å². The van der Waals surface area contributed by atoms with Crippen molar-refractivity contribution in [2.45, 2.75) is 25.4 Å². The molecule has 1 amide bonds. The fourth-order valence-corrected chi connectivity index (χ4v) is 2.68. The standard InChI is InChI=1S/C17H24N2O5/c1-23-9-10-24-14-6-4-13(5-7-14)11-18-16(20)12-19-8-2-3-15(19)17(21)22/h4-7,15H,2-3,8-12H2,1H3,(H,18,20)(H,21,22). The van der Waals surface area contributed by atoms with Crippen molar-refractivity contribution in [1.82, 2.24) is 10.2 Å². The summed E-state index contributed by atoms with van der Waals surface area (Å²) in [4.78, 5) is 24.8. The van der Waals surface area contributed by atoms with Gasteiger partial charge in [-0.1, -0.05) is 12.1 Å². The Kier molecular flexibility index (Phi) is 7.02. The van der Waals surface area contributed by atoms with Crippen molar-refractivity contribution in [3.05, 3.63) is 29.8 Å². The largest absolute Gasteiger partial charge is 0.491 e. The van der Waals surface area contributed by atoms with Gasteiger partial charge in [0.2, 0.25) is 5.91 Å². The highest BCUT2D eigenvalue weighted by Gasteiger charge is 2.31.